The molecule has 2 aliphatic rings. The van der Waals surface area contributed by atoms with Gasteiger partial charge in [0.1, 0.15) is 5.75 Å². The summed E-state index contributed by atoms with van der Waals surface area (Å²) < 4.78 is 5.18. The van der Waals surface area contributed by atoms with Crippen LogP contribution in [-0.2, 0) is 10.5 Å². The van der Waals surface area contributed by atoms with E-state index in [1.54, 1.807) is 18.9 Å². The molecule has 5 nitrogen and oxygen atoms in total. The van der Waals surface area contributed by atoms with Crippen LogP contribution in [0.15, 0.2) is 90.0 Å². The van der Waals surface area contributed by atoms with Crippen molar-refractivity contribution in [3.05, 3.63) is 107 Å². The fraction of sp³-hybridized carbons (Fsp3) is 0.267. The molecule has 3 atom stereocenters. The van der Waals surface area contributed by atoms with E-state index in [2.05, 4.69) is 76.5 Å². The van der Waals surface area contributed by atoms with Gasteiger partial charge in [0.25, 0.3) is 0 Å². The summed E-state index contributed by atoms with van der Waals surface area (Å²) >= 11 is 1.56. The van der Waals surface area contributed by atoms with E-state index in [-0.39, 0.29) is 5.91 Å². The number of rotatable bonds is 8. The Hall–Kier alpha value is -3.51. The van der Waals surface area contributed by atoms with Gasteiger partial charge in [0.2, 0.25) is 5.91 Å². The highest BCUT2D eigenvalue weighted by molar-refractivity contribution is 7.99. The van der Waals surface area contributed by atoms with Crippen LogP contribution in [0.2, 0.25) is 0 Å². The number of ether oxygens (including phenoxy) is 1. The van der Waals surface area contributed by atoms with Gasteiger partial charge in [0.15, 0.2) is 0 Å². The summed E-state index contributed by atoms with van der Waals surface area (Å²) in [5.74, 6) is 2.72. The molecule has 1 aliphatic carbocycles. The molecular formula is C30H31N3O2S. The predicted octanol–water partition coefficient (Wildman–Crippen LogP) is 6.30. The number of amides is 1. The first kappa shape index (κ1) is 24.2. The zero-order valence-electron chi connectivity index (χ0n) is 20.6. The maximum Gasteiger partial charge on any atom is 0.250 e. The highest BCUT2D eigenvalue weighted by Gasteiger charge is 2.37. The third-order valence-corrected chi connectivity index (χ3v) is 7.95. The molecule has 0 bridgehead atoms. The van der Waals surface area contributed by atoms with Crippen LogP contribution in [0.3, 0.4) is 0 Å². The zero-order chi connectivity index (χ0) is 24.9. The lowest BCUT2D eigenvalue weighted by molar-refractivity contribution is -0.118. The number of allylic oxidation sites excluding steroid dienone is 2. The predicted molar refractivity (Wildman–Crippen MR) is 149 cm³/mol. The third-order valence-electron chi connectivity index (χ3n) is 6.95. The number of anilines is 1. The van der Waals surface area contributed by atoms with Crippen molar-refractivity contribution in [2.24, 2.45) is 11.0 Å². The van der Waals surface area contributed by atoms with E-state index in [1.807, 2.05) is 31.2 Å². The van der Waals surface area contributed by atoms with Gasteiger partial charge in [-0.1, -0.05) is 60.7 Å². The highest BCUT2D eigenvalue weighted by Crippen LogP contribution is 2.49. The molecule has 36 heavy (non-hydrogen) atoms. The Balaban J connectivity index is 1.21. The van der Waals surface area contributed by atoms with E-state index in [0.717, 1.165) is 34.8 Å². The van der Waals surface area contributed by atoms with Gasteiger partial charge in [-0.15, -0.1) is 11.8 Å². The lowest BCUT2D eigenvalue weighted by Crippen LogP contribution is -2.29. The van der Waals surface area contributed by atoms with Gasteiger partial charge in [-0.3, -0.25) is 4.79 Å². The van der Waals surface area contributed by atoms with Gasteiger partial charge in [0.05, 0.1) is 24.6 Å². The van der Waals surface area contributed by atoms with Gasteiger partial charge in [-0.25, -0.2) is 5.43 Å². The summed E-state index contributed by atoms with van der Waals surface area (Å²) in [6, 6.07) is 25.4. The quantitative estimate of drug-likeness (QED) is 0.218. The van der Waals surface area contributed by atoms with E-state index < -0.39 is 0 Å². The molecule has 184 valence electrons. The monoisotopic (exact) mass is 497 g/mol. The average molecular weight is 498 g/mol. The second kappa shape index (κ2) is 11.0. The number of carbonyl (C=O) groups excluding carboxylic acids is 1. The average Bonchev–Trinajstić information content (AvgIpc) is 3.42. The minimum absolute atomic E-state index is 0.100. The van der Waals surface area contributed by atoms with Crippen LogP contribution in [0.25, 0.3) is 0 Å². The van der Waals surface area contributed by atoms with Gasteiger partial charge in [-0.2, -0.15) is 5.10 Å². The van der Waals surface area contributed by atoms with Crippen LogP contribution < -0.4 is 15.5 Å². The van der Waals surface area contributed by atoms with Crippen LogP contribution in [0.4, 0.5) is 5.69 Å². The fourth-order valence-electron chi connectivity index (χ4n) is 5.04. The van der Waals surface area contributed by atoms with Crippen molar-refractivity contribution in [3.8, 4) is 5.75 Å². The molecule has 3 aromatic rings. The second-order valence-corrected chi connectivity index (χ2v) is 10.2. The second-order valence-electron chi connectivity index (χ2n) is 9.26. The molecular weight excluding hydrogens is 466 g/mol. The molecule has 0 radical (unpaired) electrons. The number of nitrogens with one attached hydrogen (secondary N) is 2. The Kier molecular flexibility index (Phi) is 7.42. The summed E-state index contributed by atoms with van der Waals surface area (Å²) in [7, 11) is 1.65. The Morgan fingerprint density at radius 3 is 2.69 bits per heavy atom. The molecule has 6 heteroatoms. The first-order valence-electron chi connectivity index (χ1n) is 12.3. The van der Waals surface area contributed by atoms with E-state index in [1.165, 1.54) is 16.8 Å². The number of hydrogen-bond acceptors (Lipinski definition) is 5. The molecule has 1 aliphatic heterocycles. The minimum atomic E-state index is -0.100. The number of benzene rings is 3. The zero-order valence-corrected chi connectivity index (χ0v) is 21.4. The number of methoxy groups -OCH3 is 1. The number of hydrogen-bond donors (Lipinski definition) is 2. The molecule has 2 N–H and O–H groups in total. The first-order valence-corrected chi connectivity index (χ1v) is 13.4. The molecule has 0 unspecified atom stereocenters. The Morgan fingerprint density at radius 1 is 1.11 bits per heavy atom. The van der Waals surface area contributed by atoms with Gasteiger partial charge in [0, 0.05) is 17.4 Å². The first-order chi connectivity index (χ1) is 17.6. The van der Waals surface area contributed by atoms with E-state index in [0.29, 0.717) is 23.6 Å². The maximum absolute atomic E-state index is 12.3. The molecule has 1 amide bonds. The van der Waals surface area contributed by atoms with Crippen molar-refractivity contribution in [1.82, 2.24) is 5.43 Å². The Bertz CT molecular complexity index is 1270. The number of thioether (sulfide) groups is 1. The van der Waals surface area contributed by atoms with Crippen LogP contribution in [0.5, 0.6) is 5.75 Å². The van der Waals surface area contributed by atoms with Crippen molar-refractivity contribution in [2.45, 2.75) is 31.1 Å². The molecule has 5 rings (SSSR count). The lowest BCUT2D eigenvalue weighted by Gasteiger charge is -2.37. The molecule has 0 aromatic heterocycles. The minimum Gasteiger partial charge on any atom is -0.497 e. The number of fused-ring (bicyclic) bond motifs is 3. The molecule has 0 fully saturated rings. The largest absolute Gasteiger partial charge is 0.497 e. The normalized spacial score (nSPS) is 20.3. The van der Waals surface area contributed by atoms with Crippen molar-refractivity contribution in [1.29, 1.82) is 0 Å². The standard InChI is InChI=1S/C30H31N3O2S/c1-20(32-33-29(34)19-36-18-21-11-14-24(35-2)15-12-21)23-13-16-28-27(17-23)25-9-6-10-26(25)30(31-28)22-7-4-3-5-8-22/h3-9,11-17,25-26,30-31H,10,18-19H2,1-2H3,(H,33,34)/b32-20-/t25-,26+,30+/m1/s1. The summed E-state index contributed by atoms with van der Waals surface area (Å²) in [4.78, 5) is 12.3. The molecule has 0 spiro atoms. The van der Waals surface area contributed by atoms with Crippen molar-refractivity contribution in [2.75, 3.05) is 18.2 Å². The maximum atomic E-state index is 12.3. The van der Waals surface area contributed by atoms with Gasteiger partial charge < -0.3 is 10.1 Å². The highest BCUT2D eigenvalue weighted by atomic mass is 32.2. The summed E-state index contributed by atoms with van der Waals surface area (Å²) in [5.41, 5.74) is 9.51. The number of hydrazone groups is 1. The van der Waals surface area contributed by atoms with Crippen molar-refractivity contribution >= 4 is 29.1 Å². The van der Waals surface area contributed by atoms with Crippen LogP contribution in [-0.4, -0.2) is 24.5 Å². The molecule has 0 saturated heterocycles. The molecule has 0 saturated carbocycles. The smallest absolute Gasteiger partial charge is 0.250 e. The van der Waals surface area contributed by atoms with Crippen LogP contribution in [0.1, 0.15) is 47.6 Å². The van der Waals surface area contributed by atoms with E-state index in [4.69, 9.17) is 4.74 Å². The van der Waals surface area contributed by atoms with Crippen LogP contribution in [0, 0.1) is 5.92 Å². The molecule has 3 aromatic carbocycles. The van der Waals surface area contributed by atoms with Crippen molar-refractivity contribution < 1.29 is 9.53 Å². The summed E-state index contributed by atoms with van der Waals surface area (Å²) in [5, 5.41) is 8.17. The van der Waals surface area contributed by atoms with Gasteiger partial charge in [-0.05, 0) is 65.8 Å². The summed E-state index contributed by atoms with van der Waals surface area (Å²) in [6.45, 7) is 1.94. The van der Waals surface area contributed by atoms with E-state index in [9.17, 15) is 4.79 Å². The van der Waals surface area contributed by atoms with E-state index >= 15 is 0 Å². The third kappa shape index (κ3) is 5.34. The number of nitrogens with zero attached hydrogens (tertiary/aromatic N) is 1. The Morgan fingerprint density at radius 2 is 1.92 bits per heavy atom. The fourth-order valence-corrected chi connectivity index (χ4v) is 5.82. The lowest BCUT2D eigenvalue weighted by atomic mass is 9.76. The Labute approximate surface area is 217 Å². The van der Waals surface area contributed by atoms with Crippen LogP contribution >= 0.6 is 11.8 Å². The SMILES string of the molecule is COc1ccc(CSCC(=O)N/N=C(/C)c2ccc3c(c2)[C@@H]2C=CC[C@@H]2[C@H](c2ccccc2)N3)cc1. The summed E-state index contributed by atoms with van der Waals surface area (Å²) in [6.07, 6.45) is 5.72. The van der Waals surface area contributed by atoms with Gasteiger partial charge >= 0.3 is 0 Å². The number of carbonyl (C=O) groups is 1. The topological polar surface area (TPSA) is 62.7 Å². The van der Waals surface area contributed by atoms with Crippen molar-refractivity contribution in [3.63, 3.8) is 0 Å². The molecule has 1 heterocycles.